The molecule has 0 unspecified atom stereocenters. The fourth-order valence-corrected chi connectivity index (χ4v) is 2.40. The van der Waals surface area contributed by atoms with E-state index in [9.17, 15) is 4.39 Å². The summed E-state index contributed by atoms with van der Waals surface area (Å²) in [7, 11) is 0. The van der Waals surface area contributed by atoms with Crippen molar-refractivity contribution in [2.45, 2.75) is 17.6 Å². The quantitative estimate of drug-likeness (QED) is 0.668. The first-order chi connectivity index (χ1) is 8.13. The molecule has 2 nitrogen and oxygen atoms in total. The van der Waals surface area contributed by atoms with Crippen molar-refractivity contribution < 1.29 is 4.39 Å². The molecule has 0 spiro atoms. The number of hydrogen-bond acceptors (Lipinski definition) is 3. The third-order valence-corrected chi connectivity index (χ3v) is 3.24. The van der Waals surface area contributed by atoms with E-state index in [0.717, 1.165) is 16.3 Å². The summed E-state index contributed by atoms with van der Waals surface area (Å²) in [5.74, 6) is 0.412. The third kappa shape index (κ3) is 3.46. The molecule has 0 aliphatic carbocycles. The Kier molecular flexibility index (Phi) is 3.64. The Hall–Kier alpha value is -1.55. The number of nitrogens with two attached hydrogens (primary N) is 1. The summed E-state index contributed by atoms with van der Waals surface area (Å²) in [5.41, 5.74) is 8.00. The highest BCUT2D eigenvalue weighted by Gasteiger charge is 2.01. The van der Waals surface area contributed by atoms with Gasteiger partial charge in [0.15, 0.2) is 0 Å². The van der Waals surface area contributed by atoms with Gasteiger partial charge in [0, 0.05) is 22.0 Å². The fourth-order valence-electron chi connectivity index (χ4n) is 1.50. The molecule has 1 heterocycles. The second-order valence-corrected chi connectivity index (χ2v) is 4.83. The predicted molar refractivity (Wildman–Crippen MR) is 69.3 cm³/mol. The monoisotopic (exact) mass is 248 g/mol. The van der Waals surface area contributed by atoms with Gasteiger partial charge >= 0.3 is 0 Å². The van der Waals surface area contributed by atoms with Crippen molar-refractivity contribution in [2.24, 2.45) is 0 Å². The molecule has 0 aliphatic heterocycles. The molecule has 2 aromatic rings. The molecule has 4 heteroatoms. The summed E-state index contributed by atoms with van der Waals surface area (Å²) in [4.78, 5) is 5.21. The van der Waals surface area contributed by atoms with Gasteiger partial charge in [-0.3, -0.25) is 4.98 Å². The maximum Gasteiger partial charge on any atom is 0.126 e. The molecule has 1 aromatic heterocycles. The predicted octanol–water partition coefficient (Wildman–Crippen LogP) is 3.40. The fraction of sp³-hybridized carbons (Fsp3) is 0.154. The first-order valence-corrected chi connectivity index (χ1v) is 6.23. The molecular formula is C13H13FN2S. The minimum Gasteiger partial charge on any atom is -0.399 e. The van der Waals surface area contributed by atoms with Crippen molar-refractivity contribution in [3.05, 3.63) is 53.6 Å². The minimum atomic E-state index is -0.301. The number of rotatable bonds is 3. The van der Waals surface area contributed by atoms with Crippen LogP contribution in [0.3, 0.4) is 0 Å². The van der Waals surface area contributed by atoms with Gasteiger partial charge in [-0.1, -0.05) is 6.07 Å². The molecule has 0 fully saturated rings. The van der Waals surface area contributed by atoms with E-state index in [1.807, 2.05) is 25.1 Å². The summed E-state index contributed by atoms with van der Waals surface area (Å²) in [6, 6.07) is 10.4. The van der Waals surface area contributed by atoms with E-state index in [-0.39, 0.29) is 5.82 Å². The zero-order chi connectivity index (χ0) is 12.3. The van der Waals surface area contributed by atoms with Crippen LogP contribution in [0.25, 0.3) is 0 Å². The Morgan fingerprint density at radius 3 is 2.82 bits per heavy atom. The lowest BCUT2D eigenvalue weighted by Crippen LogP contribution is -1.90. The van der Waals surface area contributed by atoms with Crippen LogP contribution in [0.4, 0.5) is 10.1 Å². The number of nitrogen functional groups attached to an aromatic ring is 1. The van der Waals surface area contributed by atoms with Crippen molar-refractivity contribution in [3.8, 4) is 0 Å². The highest BCUT2D eigenvalue weighted by molar-refractivity contribution is 7.98. The highest BCUT2D eigenvalue weighted by Crippen LogP contribution is 2.25. The molecule has 0 bridgehead atoms. The summed E-state index contributed by atoms with van der Waals surface area (Å²) in [5, 5.41) is 0. The van der Waals surface area contributed by atoms with E-state index in [2.05, 4.69) is 4.98 Å². The lowest BCUT2D eigenvalue weighted by molar-refractivity contribution is 0.625. The van der Waals surface area contributed by atoms with Gasteiger partial charge in [0.25, 0.3) is 0 Å². The average molecular weight is 248 g/mol. The number of thioether (sulfide) groups is 1. The molecule has 0 atom stereocenters. The van der Waals surface area contributed by atoms with Gasteiger partial charge in [-0.15, -0.1) is 11.8 Å². The van der Waals surface area contributed by atoms with Gasteiger partial charge in [-0.25, -0.2) is 4.39 Å². The summed E-state index contributed by atoms with van der Waals surface area (Å²) >= 11 is 1.53. The van der Waals surface area contributed by atoms with Gasteiger partial charge in [-0.05, 0) is 37.3 Å². The second-order valence-electron chi connectivity index (χ2n) is 3.78. The SMILES string of the molecule is Cc1cccc(CSc2cc(N)cc(F)c2)n1. The van der Waals surface area contributed by atoms with Crippen LogP contribution in [0.2, 0.25) is 0 Å². The molecule has 1 aromatic carbocycles. The molecule has 0 saturated heterocycles. The standard InChI is InChI=1S/C13H13FN2S/c1-9-3-2-4-12(16-9)8-17-13-6-10(14)5-11(15)7-13/h2-7H,8,15H2,1H3. The molecule has 0 radical (unpaired) electrons. The van der Waals surface area contributed by atoms with Crippen molar-refractivity contribution in [3.63, 3.8) is 0 Å². The Morgan fingerprint density at radius 2 is 2.12 bits per heavy atom. The number of hydrogen-bond donors (Lipinski definition) is 1. The van der Waals surface area contributed by atoms with E-state index in [1.165, 1.54) is 23.9 Å². The van der Waals surface area contributed by atoms with Gasteiger partial charge in [0.2, 0.25) is 0 Å². The van der Waals surface area contributed by atoms with Crippen LogP contribution in [-0.2, 0) is 5.75 Å². The zero-order valence-electron chi connectivity index (χ0n) is 9.48. The van der Waals surface area contributed by atoms with Gasteiger partial charge in [0.05, 0.1) is 5.69 Å². The number of anilines is 1. The van der Waals surface area contributed by atoms with Crippen LogP contribution >= 0.6 is 11.8 Å². The zero-order valence-corrected chi connectivity index (χ0v) is 10.3. The molecule has 0 aliphatic rings. The molecule has 2 rings (SSSR count). The van der Waals surface area contributed by atoms with Crippen LogP contribution in [0.1, 0.15) is 11.4 Å². The summed E-state index contributed by atoms with van der Waals surface area (Å²) < 4.78 is 13.1. The first-order valence-electron chi connectivity index (χ1n) is 5.25. The summed E-state index contributed by atoms with van der Waals surface area (Å²) in [6.07, 6.45) is 0. The lowest BCUT2D eigenvalue weighted by atomic mass is 10.3. The van der Waals surface area contributed by atoms with Gasteiger partial charge < -0.3 is 5.73 Å². The lowest BCUT2D eigenvalue weighted by Gasteiger charge is -2.04. The maximum absolute atomic E-state index is 13.1. The smallest absolute Gasteiger partial charge is 0.126 e. The molecule has 17 heavy (non-hydrogen) atoms. The van der Waals surface area contributed by atoms with E-state index in [4.69, 9.17) is 5.73 Å². The minimum absolute atomic E-state index is 0.301. The van der Waals surface area contributed by atoms with E-state index < -0.39 is 0 Å². The summed E-state index contributed by atoms with van der Waals surface area (Å²) in [6.45, 7) is 1.95. The molecule has 0 amide bonds. The first kappa shape index (κ1) is 11.9. The number of halogens is 1. The van der Waals surface area contributed by atoms with Crippen molar-refractivity contribution >= 4 is 17.4 Å². The van der Waals surface area contributed by atoms with Gasteiger partial charge in [0.1, 0.15) is 5.82 Å². The second kappa shape index (κ2) is 5.19. The van der Waals surface area contributed by atoms with E-state index in [0.29, 0.717) is 11.4 Å². The van der Waals surface area contributed by atoms with Crippen molar-refractivity contribution in [2.75, 3.05) is 5.73 Å². The number of aromatic nitrogens is 1. The van der Waals surface area contributed by atoms with Crippen LogP contribution in [0, 0.1) is 12.7 Å². The van der Waals surface area contributed by atoms with Crippen LogP contribution < -0.4 is 5.73 Å². The van der Waals surface area contributed by atoms with Crippen molar-refractivity contribution in [1.29, 1.82) is 0 Å². The number of benzene rings is 1. The van der Waals surface area contributed by atoms with Crippen molar-refractivity contribution in [1.82, 2.24) is 4.98 Å². The van der Waals surface area contributed by atoms with E-state index in [1.54, 1.807) is 6.07 Å². The molecular weight excluding hydrogens is 235 g/mol. The Balaban J connectivity index is 2.07. The number of nitrogens with zero attached hydrogens (tertiary/aromatic N) is 1. The van der Waals surface area contributed by atoms with E-state index >= 15 is 0 Å². The van der Waals surface area contributed by atoms with Crippen LogP contribution in [-0.4, -0.2) is 4.98 Å². The van der Waals surface area contributed by atoms with Gasteiger partial charge in [-0.2, -0.15) is 0 Å². The van der Waals surface area contributed by atoms with Crippen LogP contribution in [0.5, 0.6) is 0 Å². The normalized spacial score (nSPS) is 10.5. The van der Waals surface area contributed by atoms with Crippen LogP contribution in [0.15, 0.2) is 41.3 Å². The topological polar surface area (TPSA) is 38.9 Å². The number of pyridine rings is 1. The molecule has 2 N–H and O–H groups in total. The maximum atomic E-state index is 13.1. The Bertz CT molecular complexity index is 508. The highest BCUT2D eigenvalue weighted by atomic mass is 32.2. The molecule has 88 valence electrons. The largest absolute Gasteiger partial charge is 0.399 e. The Morgan fingerprint density at radius 1 is 1.29 bits per heavy atom. The Labute approximate surface area is 104 Å². The number of aryl methyl sites for hydroxylation is 1. The average Bonchev–Trinajstić information content (AvgIpc) is 2.25. The third-order valence-electron chi connectivity index (χ3n) is 2.23. The molecule has 0 saturated carbocycles.